The molecule has 0 atom stereocenters. The smallest absolute Gasteiger partial charge is 0.253 e. The minimum atomic E-state index is -0.0991. The van der Waals surface area contributed by atoms with Gasteiger partial charge in [0.05, 0.1) is 11.3 Å². The van der Waals surface area contributed by atoms with Crippen LogP contribution in [0.1, 0.15) is 10.4 Å². The van der Waals surface area contributed by atoms with Crippen LogP contribution in [-0.2, 0) is 0 Å². The molecule has 0 saturated carbocycles. The number of hydrogen-bond acceptors (Lipinski definition) is 5. The van der Waals surface area contributed by atoms with Gasteiger partial charge in [-0.05, 0) is 22.6 Å². The number of tetrazole rings is 1. The van der Waals surface area contributed by atoms with Crippen molar-refractivity contribution < 1.29 is 4.79 Å². The third-order valence-electron chi connectivity index (χ3n) is 3.16. The Kier molecular flexibility index (Phi) is 3.20. The fourth-order valence-corrected chi connectivity index (χ4v) is 1.96. The average Bonchev–Trinajstić information content (AvgIpc) is 2.90. The molecule has 0 bridgehead atoms. The Labute approximate surface area is 110 Å². The van der Waals surface area contributed by atoms with E-state index in [4.69, 9.17) is 0 Å². The summed E-state index contributed by atoms with van der Waals surface area (Å²) in [6, 6.07) is 7.26. The number of carbonyl (C=O) groups excluding carboxylic acids is 1. The van der Waals surface area contributed by atoms with E-state index >= 15 is 0 Å². The molecule has 1 amide bonds. The predicted molar refractivity (Wildman–Crippen MR) is 67.8 cm³/mol. The molecule has 2 N–H and O–H groups in total. The van der Waals surface area contributed by atoms with Crippen LogP contribution in [0.2, 0.25) is 0 Å². The summed E-state index contributed by atoms with van der Waals surface area (Å²) in [6.45, 7) is 2.62. The SMILES string of the molecule is O=C(NCC1CNC1)c1ccccc1-n1cnnn1. The molecule has 1 aliphatic rings. The number of amides is 1. The maximum Gasteiger partial charge on any atom is 0.253 e. The molecule has 19 heavy (non-hydrogen) atoms. The summed E-state index contributed by atoms with van der Waals surface area (Å²) in [4.78, 5) is 12.2. The fourth-order valence-electron chi connectivity index (χ4n) is 1.96. The van der Waals surface area contributed by atoms with E-state index < -0.39 is 0 Å². The number of nitrogens with one attached hydrogen (secondary N) is 2. The molecule has 1 aromatic carbocycles. The van der Waals surface area contributed by atoms with Crippen LogP contribution < -0.4 is 10.6 Å². The van der Waals surface area contributed by atoms with Crippen LogP contribution in [0.25, 0.3) is 5.69 Å². The van der Waals surface area contributed by atoms with Crippen LogP contribution in [0.4, 0.5) is 0 Å². The standard InChI is InChI=1S/C12H14N6O/c19-12(14-7-9-5-13-6-9)10-3-1-2-4-11(10)18-8-15-16-17-18/h1-4,8-9,13H,5-7H2,(H,14,19). The highest BCUT2D eigenvalue weighted by atomic mass is 16.1. The summed E-state index contributed by atoms with van der Waals surface area (Å²) in [6.07, 6.45) is 1.47. The first kappa shape index (κ1) is 11.8. The summed E-state index contributed by atoms with van der Waals surface area (Å²) >= 11 is 0. The van der Waals surface area contributed by atoms with E-state index in [9.17, 15) is 4.79 Å². The van der Waals surface area contributed by atoms with Crippen molar-refractivity contribution in [2.24, 2.45) is 5.92 Å². The molecule has 1 aromatic heterocycles. The van der Waals surface area contributed by atoms with Crippen molar-refractivity contribution in [1.82, 2.24) is 30.8 Å². The van der Waals surface area contributed by atoms with Gasteiger partial charge in [0, 0.05) is 25.6 Å². The van der Waals surface area contributed by atoms with Crippen molar-refractivity contribution in [2.45, 2.75) is 0 Å². The zero-order valence-corrected chi connectivity index (χ0v) is 10.3. The van der Waals surface area contributed by atoms with Gasteiger partial charge in [-0.1, -0.05) is 12.1 Å². The second-order valence-electron chi connectivity index (χ2n) is 4.51. The van der Waals surface area contributed by atoms with Crippen molar-refractivity contribution in [3.05, 3.63) is 36.2 Å². The van der Waals surface area contributed by atoms with Crippen molar-refractivity contribution in [2.75, 3.05) is 19.6 Å². The second-order valence-corrected chi connectivity index (χ2v) is 4.51. The molecule has 3 rings (SSSR count). The summed E-state index contributed by atoms with van der Waals surface area (Å²) in [5.74, 6) is 0.433. The minimum absolute atomic E-state index is 0.0991. The first-order chi connectivity index (χ1) is 9.34. The van der Waals surface area contributed by atoms with Gasteiger partial charge in [-0.2, -0.15) is 4.68 Å². The summed E-state index contributed by atoms with van der Waals surface area (Å²) < 4.78 is 1.49. The zero-order chi connectivity index (χ0) is 13.1. The van der Waals surface area contributed by atoms with Gasteiger partial charge in [0.2, 0.25) is 0 Å². The molecule has 1 aliphatic heterocycles. The molecule has 2 aromatic rings. The molecule has 7 nitrogen and oxygen atoms in total. The largest absolute Gasteiger partial charge is 0.352 e. The first-order valence-corrected chi connectivity index (χ1v) is 6.16. The third-order valence-corrected chi connectivity index (χ3v) is 3.16. The maximum atomic E-state index is 12.2. The van der Waals surface area contributed by atoms with E-state index in [1.807, 2.05) is 18.2 Å². The molecular weight excluding hydrogens is 244 g/mol. The van der Waals surface area contributed by atoms with E-state index in [1.54, 1.807) is 6.07 Å². The monoisotopic (exact) mass is 258 g/mol. The molecule has 0 spiro atoms. The van der Waals surface area contributed by atoms with Gasteiger partial charge < -0.3 is 10.6 Å². The highest BCUT2D eigenvalue weighted by Gasteiger charge is 2.19. The Morgan fingerprint density at radius 1 is 1.42 bits per heavy atom. The van der Waals surface area contributed by atoms with E-state index in [1.165, 1.54) is 11.0 Å². The van der Waals surface area contributed by atoms with Gasteiger partial charge in [0.15, 0.2) is 0 Å². The lowest BCUT2D eigenvalue weighted by Crippen LogP contribution is -2.48. The van der Waals surface area contributed by atoms with Crippen molar-refractivity contribution in [1.29, 1.82) is 0 Å². The number of para-hydroxylation sites is 1. The number of aromatic nitrogens is 4. The van der Waals surface area contributed by atoms with Crippen LogP contribution in [-0.4, -0.2) is 45.7 Å². The van der Waals surface area contributed by atoms with Gasteiger partial charge in [0.25, 0.3) is 5.91 Å². The summed E-state index contributed by atoms with van der Waals surface area (Å²) in [5, 5.41) is 17.1. The van der Waals surface area contributed by atoms with Crippen molar-refractivity contribution >= 4 is 5.91 Å². The molecule has 0 unspecified atom stereocenters. The Balaban J connectivity index is 1.77. The van der Waals surface area contributed by atoms with Crippen LogP contribution in [0, 0.1) is 5.92 Å². The average molecular weight is 258 g/mol. The lowest BCUT2D eigenvalue weighted by atomic mass is 10.0. The zero-order valence-electron chi connectivity index (χ0n) is 10.3. The van der Waals surface area contributed by atoms with Gasteiger partial charge >= 0.3 is 0 Å². The van der Waals surface area contributed by atoms with E-state index in [0.29, 0.717) is 23.7 Å². The highest BCUT2D eigenvalue weighted by Crippen LogP contribution is 2.12. The molecule has 1 saturated heterocycles. The Morgan fingerprint density at radius 3 is 2.95 bits per heavy atom. The molecule has 1 fully saturated rings. The first-order valence-electron chi connectivity index (χ1n) is 6.16. The van der Waals surface area contributed by atoms with E-state index in [-0.39, 0.29) is 5.91 Å². The molecular formula is C12H14N6O. The quantitative estimate of drug-likeness (QED) is 0.780. The van der Waals surface area contributed by atoms with Gasteiger partial charge in [-0.15, -0.1) is 5.10 Å². The third kappa shape index (κ3) is 2.45. The lowest BCUT2D eigenvalue weighted by molar-refractivity contribution is 0.0942. The van der Waals surface area contributed by atoms with E-state index in [0.717, 1.165) is 13.1 Å². The van der Waals surface area contributed by atoms with Gasteiger partial charge in [-0.25, -0.2) is 0 Å². The molecule has 2 heterocycles. The molecule has 0 radical (unpaired) electrons. The lowest BCUT2D eigenvalue weighted by Gasteiger charge is -2.27. The van der Waals surface area contributed by atoms with Gasteiger partial charge in [-0.3, -0.25) is 4.79 Å². The van der Waals surface area contributed by atoms with Crippen molar-refractivity contribution in [3.8, 4) is 5.69 Å². The fraction of sp³-hybridized carbons (Fsp3) is 0.333. The number of carbonyl (C=O) groups is 1. The van der Waals surface area contributed by atoms with Crippen molar-refractivity contribution in [3.63, 3.8) is 0 Å². The molecule has 7 heteroatoms. The minimum Gasteiger partial charge on any atom is -0.352 e. The maximum absolute atomic E-state index is 12.2. The van der Waals surface area contributed by atoms with Crippen LogP contribution in [0.15, 0.2) is 30.6 Å². The number of hydrogen-bond donors (Lipinski definition) is 2. The predicted octanol–water partition coefficient (Wildman–Crippen LogP) is -0.389. The topological polar surface area (TPSA) is 84.7 Å². The number of rotatable bonds is 4. The van der Waals surface area contributed by atoms with Crippen LogP contribution >= 0.6 is 0 Å². The normalized spacial score (nSPS) is 14.9. The number of benzene rings is 1. The van der Waals surface area contributed by atoms with Crippen LogP contribution in [0.5, 0.6) is 0 Å². The Bertz CT molecular complexity index is 563. The van der Waals surface area contributed by atoms with E-state index in [2.05, 4.69) is 26.2 Å². The Morgan fingerprint density at radius 2 is 2.26 bits per heavy atom. The second kappa shape index (κ2) is 5.15. The molecule has 0 aliphatic carbocycles. The number of nitrogens with zero attached hydrogens (tertiary/aromatic N) is 4. The Hall–Kier alpha value is -2.28. The summed E-state index contributed by atoms with van der Waals surface area (Å²) in [5.41, 5.74) is 1.25. The molecule has 98 valence electrons. The van der Waals surface area contributed by atoms with Gasteiger partial charge in [0.1, 0.15) is 6.33 Å². The van der Waals surface area contributed by atoms with Crippen LogP contribution in [0.3, 0.4) is 0 Å². The summed E-state index contributed by atoms with van der Waals surface area (Å²) in [7, 11) is 0. The highest BCUT2D eigenvalue weighted by molar-refractivity contribution is 5.97.